The number of aromatic nitrogens is 4. The molecule has 0 fully saturated rings. The maximum absolute atomic E-state index is 4.56. The Kier molecular flexibility index (Phi) is 4.40. The lowest BCUT2D eigenvalue weighted by atomic mass is 10.2. The van der Waals surface area contributed by atoms with Gasteiger partial charge in [0.05, 0.1) is 9.26 Å². The molecule has 18 heavy (non-hydrogen) atoms. The third kappa shape index (κ3) is 2.74. The summed E-state index contributed by atoms with van der Waals surface area (Å²) in [6.45, 7) is 2.13. The zero-order valence-corrected chi connectivity index (χ0v) is 12.5. The van der Waals surface area contributed by atoms with Gasteiger partial charge in [-0.2, -0.15) is 0 Å². The van der Waals surface area contributed by atoms with E-state index in [1.54, 1.807) is 18.5 Å². The highest BCUT2D eigenvalue weighted by molar-refractivity contribution is 14.1. The second-order valence-corrected chi connectivity index (χ2v) is 4.81. The van der Waals surface area contributed by atoms with Crippen molar-refractivity contribution in [3.8, 4) is 11.6 Å². The van der Waals surface area contributed by atoms with Gasteiger partial charge in [-0.05, 0) is 35.1 Å². The third-order valence-electron chi connectivity index (χ3n) is 2.41. The van der Waals surface area contributed by atoms with E-state index in [4.69, 9.17) is 0 Å². The monoisotopic (exact) mass is 355 g/mol. The molecule has 1 N–H and O–H groups in total. The molecular weight excluding hydrogens is 341 g/mol. The van der Waals surface area contributed by atoms with Crippen LogP contribution in [0, 0.1) is 3.57 Å². The molecule has 0 aromatic carbocycles. The summed E-state index contributed by atoms with van der Waals surface area (Å²) in [6, 6.07) is 1.78. The number of aryl methyl sites for hydroxylation is 1. The molecule has 2 aromatic heterocycles. The first kappa shape index (κ1) is 13.1. The molecule has 0 saturated heterocycles. The van der Waals surface area contributed by atoms with Crippen molar-refractivity contribution in [3.63, 3.8) is 0 Å². The van der Waals surface area contributed by atoms with Crippen LogP contribution in [0.15, 0.2) is 18.5 Å². The van der Waals surface area contributed by atoms with Crippen LogP contribution in [0.4, 0.5) is 5.82 Å². The highest BCUT2D eigenvalue weighted by Gasteiger charge is 2.13. The van der Waals surface area contributed by atoms with E-state index in [1.165, 1.54) is 0 Å². The fraction of sp³-hybridized carbons (Fsp3) is 0.333. The molecule has 94 valence electrons. The van der Waals surface area contributed by atoms with Crippen molar-refractivity contribution in [2.24, 2.45) is 0 Å². The smallest absolute Gasteiger partial charge is 0.200 e. The number of nitrogens with zero attached hydrogens (tertiary/aromatic N) is 4. The van der Waals surface area contributed by atoms with E-state index >= 15 is 0 Å². The van der Waals surface area contributed by atoms with Gasteiger partial charge in [0.1, 0.15) is 5.82 Å². The molecule has 0 saturated carbocycles. The summed E-state index contributed by atoms with van der Waals surface area (Å²) in [6.07, 6.45) is 5.37. The first-order valence-electron chi connectivity index (χ1n) is 5.77. The molecule has 5 nitrogen and oxygen atoms in total. The second kappa shape index (κ2) is 6.03. The molecule has 0 spiro atoms. The molecule has 0 atom stereocenters. The minimum atomic E-state index is 0.558. The Morgan fingerprint density at radius 3 is 2.50 bits per heavy atom. The molecule has 0 amide bonds. The Morgan fingerprint density at radius 1 is 1.17 bits per heavy atom. The van der Waals surface area contributed by atoms with Crippen molar-refractivity contribution >= 4 is 28.4 Å². The number of nitrogens with one attached hydrogen (secondary N) is 1. The average molecular weight is 355 g/mol. The third-order valence-corrected chi connectivity index (χ3v) is 3.54. The summed E-state index contributed by atoms with van der Waals surface area (Å²) in [4.78, 5) is 17.4. The number of hydrogen-bond acceptors (Lipinski definition) is 5. The van der Waals surface area contributed by atoms with E-state index in [0.29, 0.717) is 11.6 Å². The predicted octanol–water partition coefficient (Wildman–Crippen LogP) is 2.53. The summed E-state index contributed by atoms with van der Waals surface area (Å²) in [5.41, 5.74) is 1.04. The minimum Gasteiger partial charge on any atom is -0.372 e. The van der Waals surface area contributed by atoms with E-state index in [9.17, 15) is 0 Å². The van der Waals surface area contributed by atoms with Crippen LogP contribution in [0.25, 0.3) is 11.6 Å². The van der Waals surface area contributed by atoms with Crippen molar-refractivity contribution in [2.45, 2.75) is 19.8 Å². The van der Waals surface area contributed by atoms with Crippen molar-refractivity contribution < 1.29 is 0 Å². The second-order valence-electron chi connectivity index (χ2n) is 3.73. The van der Waals surface area contributed by atoms with Crippen LogP contribution in [-0.4, -0.2) is 27.0 Å². The first-order chi connectivity index (χ1) is 8.76. The average Bonchev–Trinajstić information content (AvgIpc) is 2.42. The number of halogens is 1. The highest BCUT2D eigenvalue weighted by atomic mass is 127. The Labute approximate surface area is 120 Å². The summed E-state index contributed by atoms with van der Waals surface area (Å²) in [5.74, 6) is 1.96. The van der Waals surface area contributed by atoms with Gasteiger partial charge in [0.25, 0.3) is 0 Å². The summed E-state index contributed by atoms with van der Waals surface area (Å²) in [5, 5.41) is 3.09. The zero-order valence-electron chi connectivity index (χ0n) is 10.3. The summed E-state index contributed by atoms with van der Waals surface area (Å²) >= 11 is 2.27. The van der Waals surface area contributed by atoms with Gasteiger partial charge in [-0.3, -0.25) is 0 Å². The van der Waals surface area contributed by atoms with Gasteiger partial charge < -0.3 is 5.32 Å². The number of anilines is 1. The van der Waals surface area contributed by atoms with Crippen LogP contribution >= 0.6 is 22.6 Å². The molecule has 2 rings (SSSR count). The Morgan fingerprint density at radius 2 is 1.89 bits per heavy atom. The van der Waals surface area contributed by atoms with Gasteiger partial charge >= 0.3 is 0 Å². The minimum absolute atomic E-state index is 0.558. The molecule has 0 radical (unpaired) electrons. The molecule has 6 heteroatoms. The molecule has 0 aliphatic heterocycles. The van der Waals surface area contributed by atoms with Crippen molar-refractivity contribution in [3.05, 3.63) is 27.7 Å². The normalized spacial score (nSPS) is 10.4. The van der Waals surface area contributed by atoms with Crippen molar-refractivity contribution in [1.82, 2.24) is 19.9 Å². The standard InChI is InChI=1S/C12H14IN5/c1-3-5-8-9(13)10(14-2)18-12(17-8)11-15-6-4-7-16-11/h4,6-7H,3,5H2,1-2H3,(H,14,17,18). The van der Waals surface area contributed by atoms with Gasteiger partial charge in [-0.25, -0.2) is 19.9 Å². The van der Waals surface area contributed by atoms with Gasteiger partial charge in [0, 0.05) is 19.4 Å². The molecule has 2 heterocycles. The van der Waals surface area contributed by atoms with E-state index in [0.717, 1.165) is 27.9 Å². The molecule has 0 bridgehead atoms. The van der Waals surface area contributed by atoms with E-state index in [1.807, 2.05) is 7.05 Å². The van der Waals surface area contributed by atoms with Gasteiger partial charge in [0.2, 0.25) is 0 Å². The fourth-order valence-electron chi connectivity index (χ4n) is 1.58. The Balaban J connectivity index is 2.52. The molecule has 2 aromatic rings. The lowest BCUT2D eigenvalue weighted by Crippen LogP contribution is -2.06. The van der Waals surface area contributed by atoms with Gasteiger partial charge in [-0.1, -0.05) is 13.3 Å². The topological polar surface area (TPSA) is 63.6 Å². The molecule has 0 aliphatic carbocycles. The van der Waals surface area contributed by atoms with Crippen LogP contribution in [0.3, 0.4) is 0 Å². The number of hydrogen-bond donors (Lipinski definition) is 1. The van der Waals surface area contributed by atoms with Crippen LogP contribution in [0.5, 0.6) is 0 Å². The van der Waals surface area contributed by atoms with Gasteiger partial charge in [-0.15, -0.1) is 0 Å². The van der Waals surface area contributed by atoms with E-state index in [-0.39, 0.29) is 0 Å². The quantitative estimate of drug-likeness (QED) is 0.854. The lowest BCUT2D eigenvalue weighted by molar-refractivity contribution is 0.864. The molecule has 0 aliphatic rings. The highest BCUT2D eigenvalue weighted by Crippen LogP contribution is 2.22. The zero-order chi connectivity index (χ0) is 13.0. The predicted molar refractivity (Wildman–Crippen MR) is 79.3 cm³/mol. The van der Waals surface area contributed by atoms with Crippen molar-refractivity contribution in [2.75, 3.05) is 12.4 Å². The maximum Gasteiger partial charge on any atom is 0.200 e. The van der Waals surface area contributed by atoms with Crippen LogP contribution in [0.2, 0.25) is 0 Å². The van der Waals surface area contributed by atoms with E-state index in [2.05, 4.69) is 54.8 Å². The maximum atomic E-state index is 4.56. The molecular formula is C12H14IN5. The number of rotatable bonds is 4. The van der Waals surface area contributed by atoms with Crippen LogP contribution < -0.4 is 5.32 Å². The SMILES string of the molecule is CCCc1nc(-c2ncccn2)nc(NC)c1I. The van der Waals surface area contributed by atoms with E-state index < -0.39 is 0 Å². The fourth-order valence-corrected chi connectivity index (χ4v) is 2.36. The Hall–Kier alpha value is -1.31. The van der Waals surface area contributed by atoms with Crippen LogP contribution in [-0.2, 0) is 6.42 Å². The van der Waals surface area contributed by atoms with Crippen molar-refractivity contribution in [1.29, 1.82) is 0 Å². The molecule has 0 unspecified atom stereocenters. The Bertz CT molecular complexity index is 529. The first-order valence-corrected chi connectivity index (χ1v) is 6.85. The van der Waals surface area contributed by atoms with Gasteiger partial charge in [0.15, 0.2) is 11.6 Å². The van der Waals surface area contributed by atoms with Crippen LogP contribution in [0.1, 0.15) is 19.0 Å². The summed E-state index contributed by atoms with van der Waals surface area (Å²) < 4.78 is 1.07. The largest absolute Gasteiger partial charge is 0.372 e. The lowest BCUT2D eigenvalue weighted by Gasteiger charge is -2.09. The summed E-state index contributed by atoms with van der Waals surface area (Å²) in [7, 11) is 1.86.